The number of amides is 1. The van der Waals surface area contributed by atoms with Crippen LogP contribution >= 0.6 is 0 Å². The molecule has 2 aliphatic rings. The summed E-state index contributed by atoms with van der Waals surface area (Å²) >= 11 is 0. The summed E-state index contributed by atoms with van der Waals surface area (Å²) in [4.78, 5) is 30.2. The van der Waals surface area contributed by atoms with Crippen molar-refractivity contribution in [3.63, 3.8) is 0 Å². The molecular formula is C21H24FN7O3. The molecule has 0 radical (unpaired) electrons. The highest BCUT2D eigenvalue weighted by Gasteiger charge is 2.39. The number of halogens is 1. The van der Waals surface area contributed by atoms with Gasteiger partial charge in [-0.15, -0.1) is 0 Å². The highest BCUT2D eigenvalue weighted by molar-refractivity contribution is 6.00. The number of carbonyl (C=O) groups is 1. The lowest BCUT2D eigenvalue weighted by molar-refractivity contribution is 0.0826. The molecule has 0 aromatic carbocycles. The largest absolute Gasteiger partial charge is 0.379 e. The van der Waals surface area contributed by atoms with Crippen molar-refractivity contribution in [2.24, 2.45) is 0 Å². The first-order chi connectivity index (χ1) is 15.5. The van der Waals surface area contributed by atoms with Crippen molar-refractivity contribution < 1.29 is 13.9 Å². The van der Waals surface area contributed by atoms with E-state index in [1.165, 1.54) is 10.7 Å². The van der Waals surface area contributed by atoms with E-state index < -0.39 is 18.1 Å². The molecule has 5 rings (SSSR count). The van der Waals surface area contributed by atoms with Gasteiger partial charge in [0.25, 0.3) is 11.5 Å². The molecule has 3 heterocycles. The van der Waals surface area contributed by atoms with E-state index in [2.05, 4.69) is 26.0 Å². The van der Waals surface area contributed by atoms with E-state index in [0.717, 1.165) is 6.42 Å². The molecule has 168 valence electrons. The number of methoxy groups -OCH3 is 1. The fourth-order valence-electron chi connectivity index (χ4n) is 3.94. The topological polar surface area (TPSA) is 115 Å². The Hall–Kier alpha value is -3.47. The molecule has 1 amide bonds. The first kappa shape index (κ1) is 20.4. The van der Waals surface area contributed by atoms with Crippen molar-refractivity contribution in [1.29, 1.82) is 0 Å². The molecule has 3 aromatic heterocycles. The molecule has 0 aliphatic heterocycles. The molecule has 11 heteroatoms. The Morgan fingerprint density at radius 3 is 2.84 bits per heavy atom. The smallest absolute Gasteiger partial charge is 0.274 e. The van der Waals surface area contributed by atoms with Gasteiger partial charge in [-0.3, -0.25) is 9.59 Å². The van der Waals surface area contributed by atoms with E-state index in [0.29, 0.717) is 35.8 Å². The van der Waals surface area contributed by atoms with Crippen LogP contribution in [0.2, 0.25) is 0 Å². The number of ether oxygens (including phenoxy) is 1. The standard InChI is InChI=1S/C21H24FN7O3/c1-23-18-9-17(25-14-4-3-7-28(21(14)31)15-8-16(15)32-2)27-19-11(10-24-29(18)19)20(30)26-13-6-5-12(13)22/h3-4,7,9-10,12-13,15-16,23H,5-6,8H2,1-2H3,(H,25,27)(H,26,30)/t12-,13?,15+,16+/m0/s1. The third kappa shape index (κ3) is 3.48. The van der Waals surface area contributed by atoms with Crippen molar-refractivity contribution in [3.05, 3.63) is 46.5 Å². The minimum atomic E-state index is -1.02. The third-order valence-corrected chi connectivity index (χ3v) is 6.08. The molecule has 3 aromatic rings. The van der Waals surface area contributed by atoms with E-state index in [1.807, 2.05) is 0 Å². The number of nitrogens with zero attached hydrogens (tertiary/aromatic N) is 4. The SMILES string of the molecule is CNc1cc(Nc2cccn([C@@H]3C[C@H]3OC)c2=O)nc2c(C(=O)NC3CC[C@@H]3F)cnn12. The number of pyridine rings is 1. The lowest BCUT2D eigenvalue weighted by Crippen LogP contribution is -2.48. The summed E-state index contributed by atoms with van der Waals surface area (Å²) in [5.41, 5.74) is 0.698. The van der Waals surface area contributed by atoms with Crippen LogP contribution in [0.25, 0.3) is 5.65 Å². The van der Waals surface area contributed by atoms with Crippen LogP contribution in [0.5, 0.6) is 0 Å². The maximum atomic E-state index is 13.6. The molecule has 0 spiro atoms. The van der Waals surface area contributed by atoms with Gasteiger partial charge in [-0.1, -0.05) is 0 Å². The fourth-order valence-corrected chi connectivity index (χ4v) is 3.94. The molecule has 0 bridgehead atoms. The van der Waals surface area contributed by atoms with Crippen LogP contribution < -0.4 is 21.5 Å². The summed E-state index contributed by atoms with van der Waals surface area (Å²) < 4.78 is 22.1. The highest BCUT2D eigenvalue weighted by Crippen LogP contribution is 2.37. The van der Waals surface area contributed by atoms with Crippen molar-refractivity contribution in [2.75, 3.05) is 24.8 Å². The zero-order valence-electron chi connectivity index (χ0n) is 17.7. The van der Waals surface area contributed by atoms with E-state index in [4.69, 9.17) is 4.74 Å². The zero-order valence-corrected chi connectivity index (χ0v) is 17.7. The van der Waals surface area contributed by atoms with Crippen LogP contribution in [0.1, 0.15) is 35.7 Å². The van der Waals surface area contributed by atoms with Gasteiger partial charge in [0.1, 0.15) is 29.1 Å². The molecule has 0 saturated heterocycles. The van der Waals surface area contributed by atoms with Gasteiger partial charge in [0.2, 0.25) is 0 Å². The second kappa shape index (κ2) is 7.90. The molecule has 4 atom stereocenters. The fraction of sp³-hybridized carbons (Fsp3) is 0.429. The number of carbonyl (C=O) groups excluding carboxylic acids is 1. The summed E-state index contributed by atoms with van der Waals surface area (Å²) in [6.45, 7) is 0. The first-order valence-corrected chi connectivity index (χ1v) is 10.5. The van der Waals surface area contributed by atoms with Gasteiger partial charge in [-0.05, 0) is 31.4 Å². The number of hydrogen-bond acceptors (Lipinski definition) is 7. The van der Waals surface area contributed by atoms with Gasteiger partial charge >= 0.3 is 0 Å². The van der Waals surface area contributed by atoms with Gasteiger partial charge in [0, 0.05) is 26.4 Å². The van der Waals surface area contributed by atoms with E-state index in [1.54, 1.807) is 43.1 Å². The van der Waals surface area contributed by atoms with Crippen molar-refractivity contribution >= 4 is 28.9 Å². The van der Waals surface area contributed by atoms with Crippen LogP contribution in [0, 0.1) is 0 Å². The minimum Gasteiger partial charge on any atom is -0.379 e. The Bertz CT molecular complexity index is 1240. The average Bonchev–Trinajstić information content (AvgIpc) is 3.46. The average molecular weight is 441 g/mol. The first-order valence-electron chi connectivity index (χ1n) is 10.5. The third-order valence-electron chi connectivity index (χ3n) is 6.08. The molecule has 2 saturated carbocycles. The van der Waals surface area contributed by atoms with Gasteiger partial charge in [0.15, 0.2) is 5.65 Å². The van der Waals surface area contributed by atoms with Crippen molar-refractivity contribution in [1.82, 2.24) is 24.5 Å². The number of fused-ring (bicyclic) bond motifs is 1. The summed E-state index contributed by atoms with van der Waals surface area (Å²) in [7, 11) is 3.35. The summed E-state index contributed by atoms with van der Waals surface area (Å²) in [5, 5.41) is 13.0. The van der Waals surface area contributed by atoms with Crippen LogP contribution in [0.15, 0.2) is 35.4 Å². The maximum absolute atomic E-state index is 13.6. The van der Waals surface area contributed by atoms with Crippen molar-refractivity contribution in [3.8, 4) is 0 Å². The minimum absolute atomic E-state index is 0.0218. The molecule has 1 unspecified atom stereocenters. The Kier molecular flexibility index (Phi) is 5.04. The van der Waals surface area contributed by atoms with Crippen LogP contribution in [0.4, 0.5) is 21.7 Å². The normalized spacial score (nSPS) is 24.1. The van der Waals surface area contributed by atoms with E-state index in [-0.39, 0.29) is 23.3 Å². The molecule has 2 fully saturated rings. The van der Waals surface area contributed by atoms with Crippen LogP contribution in [0.3, 0.4) is 0 Å². The second-order valence-corrected chi connectivity index (χ2v) is 8.08. The Labute approximate surface area is 182 Å². The molecule has 2 aliphatic carbocycles. The number of nitrogens with one attached hydrogen (secondary N) is 3. The highest BCUT2D eigenvalue weighted by atomic mass is 19.1. The number of anilines is 3. The molecule has 3 N–H and O–H groups in total. The van der Waals surface area contributed by atoms with Crippen LogP contribution in [-0.4, -0.2) is 57.5 Å². The number of rotatable bonds is 7. The quantitative estimate of drug-likeness (QED) is 0.513. The Balaban J connectivity index is 1.46. The summed E-state index contributed by atoms with van der Waals surface area (Å²) in [6, 6.07) is 4.69. The predicted octanol–water partition coefficient (Wildman–Crippen LogP) is 1.87. The molecular weight excluding hydrogens is 417 g/mol. The lowest BCUT2D eigenvalue weighted by atomic mass is 9.90. The number of alkyl halides is 1. The number of hydrogen-bond donors (Lipinski definition) is 3. The zero-order chi connectivity index (χ0) is 22.4. The Morgan fingerprint density at radius 1 is 1.34 bits per heavy atom. The van der Waals surface area contributed by atoms with E-state index in [9.17, 15) is 14.0 Å². The van der Waals surface area contributed by atoms with E-state index >= 15 is 0 Å². The summed E-state index contributed by atoms with van der Waals surface area (Å²) in [6.07, 6.45) is 4.02. The van der Waals surface area contributed by atoms with Gasteiger partial charge in [-0.2, -0.15) is 9.61 Å². The predicted molar refractivity (Wildman–Crippen MR) is 116 cm³/mol. The molecule has 10 nitrogen and oxygen atoms in total. The summed E-state index contributed by atoms with van der Waals surface area (Å²) in [5.74, 6) is 0.513. The number of aromatic nitrogens is 4. The second-order valence-electron chi connectivity index (χ2n) is 8.08. The lowest BCUT2D eigenvalue weighted by Gasteiger charge is -2.30. The van der Waals surface area contributed by atoms with Crippen molar-refractivity contribution in [2.45, 2.75) is 43.6 Å². The van der Waals surface area contributed by atoms with Gasteiger partial charge in [-0.25, -0.2) is 9.37 Å². The Morgan fingerprint density at radius 2 is 2.19 bits per heavy atom. The van der Waals surface area contributed by atoms with Gasteiger partial charge < -0.3 is 25.3 Å². The monoisotopic (exact) mass is 441 g/mol. The van der Waals surface area contributed by atoms with Crippen LogP contribution in [-0.2, 0) is 4.74 Å². The molecule has 32 heavy (non-hydrogen) atoms. The van der Waals surface area contributed by atoms with Gasteiger partial charge in [0.05, 0.1) is 24.4 Å². The maximum Gasteiger partial charge on any atom is 0.274 e.